The van der Waals surface area contributed by atoms with Gasteiger partial charge in [-0.2, -0.15) is 0 Å². The topological polar surface area (TPSA) is 25.8 Å². The second kappa shape index (κ2) is 4.02. The molecule has 0 N–H and O–H groups in total. The molecule has 2 aromatic heterocycles. The van der Waals surface area contributed by atoms with Gasteiger partial charge in [0.05, 0.1) is 11.4 Å². The van der Waals surface area contributed by atoms with E-state index in [4.69, 9.17) is 0 Å². The molecule has 2 nitrogen and oxygen atoms in total. The first-order valence-corrected chi connectivity index (χ1v) is 6.40. The van der Waals surface area contributed by atoms with Crippen LogP contribution in [0.3, 0.4) is 0 Å². The van der Waals surface area contributed by atoms with Crippen LogP contribution in [0.2, 0.25) is 0 Å². The van der Waals surface area contributed by atoms with Gasteiger partial charge in [-0.05, 0) is 40.5 Å². The first-order chi connectivity index (χ1) is 9.42. The summed E-state index contributed by atoms with van der Waals surface area (Å²) in [4.78, 5) is 8.91. The Kier molecular flexibility index (Phi) is 2.21. The Bertz CT molecular complexity index is 748. The summed E-state index contributed by atoms with van der Waals surface area (Å²) in [6.07, 6.45) is 4.78. The molecule has 1 aliphatic rings. The second-order valence-corrected chi connectivity index (χ2v) is 4.78. The number of hydrogen-bond donors (Lipinski definition) is 0. The molecule has 0 radical (unpaired) electrons. The van der Waals surface area contributed by atoms with Crippen LogP contribution in [-0.2, 0) is 6.42 Å². The standard InChI is InChI=1S/C17H12N2/c1-2-6-14-12(5-1)9-13-11-19-17(10-15(13)14)16-7-3-4-8-18-16/h1-8,10-11H,9H2. The molecule has 19 heavy (non-hydrogen) atoms. The molecule has 0 atom stereocenters. The van der Waals surface area contributed by atoms with Crippen molar-refractivity contribution in [1.82, 2.24) is 9.97 Å². The molecule has 0 amide bonds. The van der Waals surface area contributed by atoms with Crippen LogP contribution in [0.25, 0.3) is 22.5 Å². The zero-order valence-electron chi connectivity index (χ0n) is 10.4. The van der Waals surface area contributed by atoms with E-state index in [0.717, 1.165) is 17.8 Å². The maximum atomic E-state index is 4.54. The Hall–Kier alpha value is -2.48. The zero-order valence-corrected chi connectivity index (χ0v) is 10.4. The number of pyridine rings is 2. The number of hydrogen-bond acceptors (Lipinski definition) is 2. The number of fused-ring (bicyclic) bond motifs is 3. The van der Waals surface area contributed by atoms with Crippen molar-refractivity contribution in [1.29, 1.82) is 0 Å². The first-order valence-electron chi connectivity index (χ1n) is 6.40. The van der Waals surface area contributed by atoms with Gasteiger partial charge >= 0.3 is 0 Å². The normalized spacial score (nSPS) is 12.0. The quantitative estimate of drug-likeness (QED) is 0.510. The molecular formula is C17H12N2. The minimum absolute atomic E-state index is 0.926. The van der Waals surface area contributed by atoms with Gasteiger partial charge in [0.15, 0.2) is 0 Å². The van der Waals surface area contributed by atoms with E-state index in [1.165, 1.54) is 22.3 Å². The van der Waals surface area contributed by atoms with Gasteiger partial charge in [-0.15, -0.1) is 0 Å². The predicted octanol–water partition coefficient (Wildman–Crippen LogP) is 3.71. The van der Waals surface area contributed by atoms with Crippen molar-refractivity contribution in [2.75, 3.05) is 0 Å². The summed E-state index contributed by atoms with van der Waals surface area (Å²) >= 11 is 0. The van der Waals surface area contributed by atoms with Crippen LogP contribution in [-0.4, -0.2) is 9.97 Å². The average molecular weight is 244 g/mol. The maximum absolute atomic E-state index is 4.54. The molecular weight excluding hydrogens is 232 g/mol. The van der Waals surface area contributed by atoms with E-state index in [2.05, 4.69) is 40.3 Å². The maximum Gasteiger partial charge on any atom is 0.0892 e. The highest BCUT2D eigenvalue weighted by Crippen LogP contribution is 2.37. The highest BCUT2D eigenvalue weighted by atomic mass is 14.8. The van der Waals surface area contributed by atoms with Crippen LogP contribution in [0.5, 0.6) is 0 Å². The SMILES string of the molecule is c1ccc(-c2cc3c(cn2)Cc2ccccc2-3)nc1. The molecule has 1 aromatic carbocycles. The molecule has 0 spiro atoms. The summed E-state index contributed by atoms with van der Waals surface area (Å²) < 4.78 is 0. The van der Waals surface area contributed by atoms with E-state index in [1.807, 2.05) is 24.4 Å². The van der Waals surface area contributed by atoms with E-state index >= 15 is 0 Å². The van der Waals surface area contributed by atoms with Crippen molar-refractivity contribution in [2.24, 2.45) is 0 Å². The summed E-state index contributed by atoms with van der Waals surface area (Å²) in [7, 11) is 0. The number of aromatic nitrogens is 2. The Morgan fingerprint density at radius 1 is 0.737 bits per heavy atom. The summed E-state index contributed by atoms with van der Waals surface area (Å²) in [5, 5.41) is 0. The third-order valence-corrected chi connectivity index (χ3v) is 3.60. The van der Waals surface area contributed by atoms with Crippen LogP contribution in [0.15, 0.2) is 60.9 Å². The fourth-order valence-electron chi connectivity index (χ4n) is 2.67. The molecule has 0 bridgehead atoms. The molecule has 0 unspecified atom stereocenters. The third-order valence-electron chi connectivity index (χ3n) is 3.60. The lowest BCUT2D eigenvalue weighted by Crippen LogP contribution is -1.89. The summed E-state index contributed by atoms with van der Waals surface area (Å²) in [6.45, 7) is 0. The van der Waals surface area contributed by atoms with Crippen LogP contribution >= 0.6 is 0 Å². The van der Waals surface area contributed by atoms with Crippen molar-refractivity contribution in [3.8, 4) is 22.5 Å². The van der Waals surface area contributed by atoms with Gasteiger partial charge in [-0.1, -0.05) is 30.3 Å². The Morgan fingerprint density at radius 3 is 2.53 bits per heavy atom. The van der Waals surface area contributed by atoms with Gasteiger partial charge in [-0.25, -0.2) is 0 Å². The molecule has 1 aliphatic carbocycles. The van der Waals surface area contributed by atoms with Crippen LogP contribution in [0, 0.1) is 0 Å². The van der Waals surface area contributed by atoms with E-state index in [0.29, 0.717) is 0 Å². The summed E-state index contributed by atoms with van der Waals surface area (Å²) in [5.74, 6) is 0. The fraction of sp³-hybridized carbons (Fsp3) is 0.0588. The van der Waals surface area contributed by atoms with Crippen molar-refractivity contribution < 1.29 is 0 Å². The van der Waals surface area contributed by atoms with Crippen LogP contribution < -0.4 is 0 Å². The van der Waals surface area contributed by atoms with E-state index in [9.17, 15) is 0 Å². The lowest BCUT2D eigenvalue weighted by Gasteiger charge is -2.04. The molecule has 0 saturated heterocycles. The Balaban J connectivity index is 1.89. The smallest absolute Gasteiger partial charge is 0.0892 e. The minimum atomic E-state index is 0.926. The number of nitrogens with zero attached hydrogens (tertiary/aromatic N) is 2. The van der Waals surface area contributed by atoms with Crippen molar-refractivity contribution in [3.05, 3.63) is 72.1 Å². The largest absolute Gasteiger partial charge is 0.255 e. The second-order valence-electron chi connectivity index (χ2n) is 4.78. The van der Waals surface area contributed by atoms with Gasteiger partial charge in [0, 0.05) is 18.8 Å². The lowest BCUT2D eigenvalue weighted by molar-refractivity contribution is 1.19. The van der Waals surface area contributed by atoms with Crippen LogP contribution in [0.4, 0.5) is 0 Å². The van der Waals surface area contributed by atoms with Gasteiger partial charge in [0.25, 0.3) is 0 Å². The minimum Gasteiger partial charge on any atom is -0.255 e. The Morgan fingerprint density at radius 2 is 1.63 bits per heavy atom. The molecule has 0 fully saturated rings. The highest BCUT2D eigenvalue weighted by Gasteiger charge is 2.18. The average Bonchev–Trinajstić information content (AvgIpc) is 2.86. The van der Waals surface area contributed by atoms with Crippen molar-refractivity contribution >= 4 is 0 Å². The molecule has 0 saturated carbocycles. The van der Waals surface area contributed by atoms with Crippen molar-refractivity contribution in [2.45, 2.75) is 6.42 Å². The predicted molar refractivity (Wildman–Crippen MR) is 75.7 cm³/mol. The third kappa shape index (κ3) is 1.65. The summed E-state index contributed by atoms with van der Waals surface area (Å²) in [6, 6.07) is 16.6. The van der Waals surface area contributed by atoms with E-state index in [1.54, 1.807) is 6.20 Å². The fourth-order valence-corrected chi connectivity index (χ4v) is 2.67. The van der Waals surface area contributed by atoms with Crippen LogP contribution in [0.1, 0.15) is 11.1 Å². The molecule has 90 valence electrons. The van der Waals surface area contributed by atoms with Gasteiger partial charge in [0.1, 0.15) is 0 Å². The lowest BCUT2D eigenvalue weighted by atomic mass is 10.1. The first kappa shape index (κ1) is 10.4. The number of rotatable bonds is 1. The molecule has 2 heteroatoms. The number of benzene rings is 1. The summed E-state index contributed by atoms with van der Waals surface area (Å²) in [5.41, 5.74) is 7.19. The molecule has 4 rings (SSSR count). The van der Waals surface area contributed by atoms with E-state index in [-0.39, 0.29) is 0 Å². The molecule has 0 aliphatic heterocycles. The zero-order chi connectivity index (χ0) is 12.7. The highest BCUT2D eigenvalue weighted by molar-refractivity contribution is 5.79. The van der Waals surface area contributed by atoms with Gasteiger partial charge < -0.3 is 0 Å². The van der Waals surface area contributed by atoms with Gasteiger partial charge in [0.2, 0.25) is 0 Å². The van der Waals surface area contributed by atoms with E-state index < -0.39 is 0 Å². The van der Waals surface area contributed by atoms with Crippen molar-refractivity contribution in [3.63, 3.8) is 0 Å². The monoisotopic (exact) mass is 244 g/mol. The Labute approximate surface area is 111 Å². The molecule has 3 aromatic rings. The van der Waals surface area contributed by atoms with Gasteiger partial charge in [-0.3, -0.25) is 9.97 Å². The molecule has 2 heterocycles.